The molecule has 1 aromatic rings. The molecule has 1 N–H and O–H groups in total. The second-order valence-corrected chi connectivity index (χ2v) is 6.75. The second-order valence-electron chi connectivity index (χ2n) is 6.75. The van der Waals surface area contributed by atoms with Crippen LogP contribution in [0.4, 0.5) is 10.5 Å². The summed E-state index contributed by atoms with van der Waals surface area (Å²) >= 11 is 0. The highest BCUT2D eigenvalue weighted by Crippen LogP contribution is 2.14. The molecule has 1 aliphatic rings. The predicted molar refractivity (Wildman–Crippen MR) is 107 cm³/mol. The number of carbonyl (C=O) groups excluding carboxylic acids is 2. The number of urea groups is 1. The van der Waals surface area contributed by atoms with Crippen LogP contribution in [0, 0.1) is 0 Å². The zero-order valence-electron chi connectivity index (χ0n) is 16.7. The van der Waals surface area contributed by atoms with Gasteiger partial charge in [0.05, 0.1) is 0 Å². The summed E-state index contributed by atoms with van der Waals surface area (Å²) in [5, 5.41) is 3.00. The fourth-order valence-electron chi connectivity index (χ4n) is 3.24. The summed E-state index contributed by atoms with van der Waals surface area (Å²) in [6.45, 7) is 9.62. The van der Waals surface area contributed by atoms with Gasteiger partial charge in [-0.2, -0.15) is 0 Å². The third-order valence-corrected chi connectivity index (χ3v) is 4.88. The van der Waals surface area contributed by atoms with Crippen LogP contribution < -0.4 is 5.32 Å². The van der Waals surface area contributed by atoms with Gasteiger partial charge in [0.2, 0.25) is 5.91 Å². The number of anilines is 1. The average molecular weight is 377 g/mol. The first-order valence-electron chi connectivity index (χ1n) is 9.71. The lowest BCUT2D eigenvalue weighted by molar-refractivity contribution is -0.134. The monoisotopic (exact) mass is 376 g/mol. The largest absolute Gasteiger partial charge is 0.375 e. The first-order chi connectivity index (χ1) is 13.1. The molecule has 7 nitrogen and oxygen atoms in total. The van der Waals surface area contributed by atoms with E-state index in [1.807, 2.05) is 18.2 Å². The standard InChI is InChI=1S/C20H32N4O3/c1-4-22(5-2)15-17-8-6-9-18(14-17)21-20(26)24-11-7-10-23(12-13-24)19(25)16-27-3/h6,8-9,14H,4-5,7,10-13,15-16H2,1-3H3,(H,21,26). The number of nitrogens with zero attached hydrogens (tertiary/aromatic N) is 3. The lowest BCUT2D eigenvalue weighted by Crippen LogP contribution is -2.40. The van der Waals surface area contributed by atoms with E-state index in [-0.39, 0.29) is 18.5 Å². The Morgan fingerprint density at radius 1 is 1.11 bits per heavy atom. The number of nitrogens with one attached hydrogen (secondary N) is 1. The number of hydrogen-bond acceptors (Lipinski definition) is 4. The highest BCUT2D eigenvalue weighted by Gasteiger charge is 2.22. The van der Waals surface area contributed by atoms with E-state index < -0.39 is 0 Å². The van der Waals surface area contributed by atoms with Crippen LogP contribution in [0.3, 0.4) is 0 Å². The van der Waals surface area contributed by atoms with Gasteiger partial charge in [0.25, 0.3) is 0 Å². The number of ether oxygens (including phenoxy) is 1. The summed E-state index contributed by atoms with van der Waals surface area (Å²) in [4.78, 5) is 30.5. The Morgan fingerprint density at radius 3 is 2.52 bits per heavy atom. The molecule has 2 rings (SSSR count). The zero-order valence-corrected chi connectivity index (χ0v) is 16.7. The first kappa shape index (κ1) is 21.2. The lowest BCUT2D eigenvalue weighted by Gasteiger charge is -2.23. The van der Waals surface area contributed by atoms with Gasteiger partial charge < -0.3 is 19.9 Å². The van der Waals surface area contributed by atoms with Crippen molar-refractivity contribution >= 4 is 17.6 Å². The highest BCUT2D eigenvalue weighted by atomic mass is 16.5. The summed E-state index contributed by atoms with van der Waals surface area (Å²) < 4.78 is 4.92. The SMILES string of the molecule is CCN(CC)Cc1cccc(NC(=O)N2CCCN(C(=O)COC)CC2)c1. The molecule has 0 aliphatic carbocycles. The van der Waals surface area contributed by atoms with Gasteiger partial charge in [-0.25, -0.2) is 4.79 Å². The molecule has 0 bridgehead atoms. The Labute approximate surface area is 162 Å². The number of benzene rings is 1. The minimum absolute atomic E-state index is 0.0242. The Hall–Kier alpha value is -2.12. The van der Waals surface area contributed by atoms with E-state index in [0.29, 0.717) is 26.2 Å². The molecule has 1 aromatic carbocycles. The van der Waals surface area contributed by atoms with Crippen molar-refractivity contribution < 1.29 is 14.3 Å². The molecular formula is C20H32N4O3. The molecule has 0 saturated carbocycles. The van der Waals surface area contributed by atoms with E-state index in [1.54, 1.807) is 9.80 Å². The molecule has 0 atom stereocenters. The van der Waals surface area contributed by atoms with Crippen molar-refractivity contribution in [2.24, 2.45) is 0 Å². The van der Waals surface area contributed by atoms with Crippen LogP contribution in [0.1, 0.15) is 25.8 Å². The molecule has 0 spiro atoms. The van der Waals surface area contributed by atoms with Crippen LogP contribution in [-0.2, 0) is 16.1 Å². The van der Waals surface area contributed by atoms with Gasteiger partial charge in [-0.1, -0.05) is 26.0 Å². The van der Waals surface area contributed by atoms with Crippen molar-refractivity contribution in [2.75, 3.05) is 58.3 Å². The van der Waals surface area contributed by atoms with Crippen LogP contribution in [0.2, 0.25) is 0 Å². The Bertz CT molecular complexity index is 619. The van der Waals surface area contributed by atoms with E-state index in [2.05, 4.69) is 30.1 Å². The maximum atomic E-state index is 12.6. The van der Waals surface area contributed by atoms with E-state index in [9.17, 15) is 9.59 Å². The minimum atomic E-state index is -0.115. The molecule has 3 amide bonds. The Kier molecular flexibility index (Phi) is 8.54. The lowest BCUT2D eigenvalue weighted by atomic mass is 10.2. The quantitative estimate of drug-likeness (QED) is 0.793. The van der Waals surface area contributed by atoms with Crippen LogP contribution >= 0.6 is 0 Å². The number of methoxy groups -OCH3 is 1. The fraction of sp³-hybridized carbons (Fsp3) is 0.600. The maximum absolute atomic E-state index is 12.6. The average Bonchev–Trinajstić information content (AvgIpc) is 2.93. The molecule has 1 aliphatic heterocycles. The van der Waals surface area contributed by atoms with Gasteiger partial charge in [0.1, 0.15) is 6.61 Å². The van der Waals surface area contributed by atoms with Crippen molar-refractivity contribution in [1.29, 1.82) is 0 Å². The van der Waals surface area contributed by atoms with Gasteiger partial charge in [-0.05, 0) is 37.2 Å². The van der Waals surface area contributed by atoms with Gasteiger partial charge in [-0.3, -0.25) is 9.69 Å². The van der Waals surface area contributed by atoms with Crippen LogP contribution in [0.5, 0.6) is 0 Å². The Balaban J connectivity index is 1.92. The van der Waals surface area contributed by atoms with Crippen molar-refractivity contribution in [2.45, 2.75) is 26.8 Å². The normalized spacial score (nSPS) is 15.0. The molecule has 27 heavy (non-hydrogen) atoms. The smallest absolute Gasteiger partial charge is 0.321 e. The third kappa shape index (κ3) is 6.52. The Morgan fingerprint density at radius 2 is 1.81 bits per heavy atom. The topological polar surface area (TPSA) is 65.1 Å². The van der Waals surface area contributed by atoms with Crippen LogP contribution in [0.15, 0.2) is 24.3 Å². The van der Waals surface area contributed by atoms with E-state index >= 15 is 0 Å². The van der Waals surface area contributed by atoms with Gasteiger partial charge >= 0.3 is 6.03 Å². The molecule has 1 saturated heterocycles. The number of hydrogen-bond donors (Lipinski definition) is 1. The zero-order chi connectivity index (χ0) is 19.6. The number of amides is 3. The number of rotatable bonds is 7. The first-order valence-corrected chi connectivity index (χ1v) is 9.71. The fourth-order valence-corrected chi connectivity index (χ4v) is 3.24. The van der Waals surface area contributed by atoms with Crippen LogP contribution in [0.25, 0.3) is 0 Å². The second kappa shape index (κ2) is 10.9. The molecule has 7 heteroatoms. The third-order valence-electron chi connectivity index (χ3n) is 4.88. The van der Waals surface area contributed by atoms with Crippen molar-refractivity contribution in [1.82, 2.24) is 14.7 Å². The van der Waals surface area contributed by atoms with E-state index in [1.165, 1.54) is 12.7 Å². The maximum Gasteiger partial charge on any atom is 0.321 e. The summed E-state index contributed by atoms with van der Waals surface area (Å²) in [6, 6.07) is 7.88. The van der Waals surface area contributed by atoms with E-state index in [0.717, 1.165) is 31.7 Å². The van der Waals surface area contributed by atoms with Crippen molar-refractivity contribution in [3.05, 3.63) is 29.8 Å². The molecule has 1 heterocycles. The van der Waals surface area contributed by atoms with Crippen LogP contribution in [-0.4, -0.2) is 79.6 Å². The molecular weight excluding hydrogens is 344 g/mol. The predicted octanol–water partition coefficient (Wildman–Crippen LogP) is 2.24. The highest BCUT2D eigenvalue weighted by molar-refractivity contribution is 5.89. The van der Waals surface area contributed by atoms with Crippen molar-refractivity contribution in [3.8, 4) is 0 Å². The van der Waals surface area contributed by atoms with Gasteiger partial charge in [0.15, 0.2) is 0 Å². The summed E-state index contributed by atoms with van der Waals surface area (Å²) in [6.07, 6.45) is 0.769. The van der Waals surface area contributed by atoms with E-state index in [4.69, 9.17) is 4.74 Å². The molecule has 0 unspecified atom stereocenters. The molecule has 0 radical (unpaired) electrons. The molecule has 0 aromatic heterocycles. The summed E-state index contributed by atoms with van der Waals surface area (Å²) in [5.41, 5.74) is 1.99. The molecule has 1 fully saturated rings. The molecule has 150 valence electrons. The van der Waals surface area contributed by atoms with Gasteiger partial charge in [0, 0.05) is 45.5 Å². The van der Waals surface area contributed by atoms with Gasteiger partial charge in [-0.15, -0.1) is 0 Å². The minimum Gasteiger partial charge on any atom is -0.375 e. The summed E-state index contributed by atoms with van der Waals surface area (Å²) in [5.74, 6) is -0.0242. The number of carbonyl (C=O) groups is 2. The summed E-state index contributed by atoms with van der Waals surface area (Å²) in [7, 11) is 1.52. The van der Waals surface area contributed by atoms with Crippen molar-refractivity contribution in [3.63, 3.8) is 0 Å².